The van der Waals surface area contributed by atoms with Crippen LogP contribution in [0.5, 0.6) is 0 Å². The zero-order valence-corrected chi connectivity index (χ0v) is 41.7. The molecule has 0 fully saturated rings. The largest absolute Gasteiger partial charge is 0 e. The molecule has 3 nitrogen and oxygen atoms in total. The normalized spacial score (nSPS) is 13.5. The zero-order valence-electron chi connectivity index (χ0n) is 41.4. The van der Waals surface area contributed by atoms with Gasteiger partial charge in [-0.3, -0.25) is 4.98 Å². The van der Waals surface area contributed by atoms with Crippen molar-refractivity contribution >= 4 is 60.2 Å². The number of aromatic nitrogens is 3. The monoisotopic (exact) mass is 1060 g/mol. The van der Waals surface area contributed by atoms with Gasteiger partial charge >= 0.3 is 139 Å². The van der Waals surface area contributed by atoms with Crippen molar-refractivity contribution in [2.45, 2.75) is 77.5 Å². The SMILES string of the molecule is Cc1ccc2c(c1)sc1c(-c3nc4ccccc4n3-c3ccc(C(C)(C)C)cc3-c3ccccc3)[c-]ccc12.[2H]C([2H])([2H])c1c[c-]c(-c2cc(C([2H])([2H])C(C)C)[c]([Ge]([CH3])([CH3])[CH3])cn2)cc1.[Ir]. The number of para-hydroxylation sites is 2. The first kappa shape index (κ1) is 38.1. The van der Waals surface area contributed by atoms with Crippen LogP contribution in [0.1, 0.15) is 63.7 Å². The molecule has 311 valence electrons. The third kappa shape index (κ3) is 9.42. The Bertz CT molecular complexity index is 3180. The average Bonchev–Trinajstić information content (AvgIpc) is 3.84. The van der Waals surface area contributed by atoms with Gasteiger partial charge in [0.2, 0.25) is 0 Å². The summed E-state index contributed by atoms with van der Waals surface area (Å²) in [6.45, 7) is 10.6. The van der Waals surface area contributed by atoms with Gasteiger partial charge in [-0.1, -0.05) is 92.4 Å². The van der Waals surface area contributed by atoms with Gasteiger partial charge in [-0.2, -0.15) is 11.3 Å². The number of pyridine rings is 1. The number of fused-ring (bicyclic) bond motifs is 4. The Morgan fingerprint density at radius 1 is 0.836 bits per heavy atom. The standard InChI is InChI=1S/C36H29N2S.C19H26GeN.Ir/c1-23-17-19-26-27-13-10-14-28(34(27)39-33(26)21-23)35-37-30-15-8-9-16-32(30)38(35)31-20-18-25(36(2,3)4)22-29(31)24-11-6-5-7-12-24;1-14(2)11-17-12-19(16-9-7-15(3)8-10-16)21-13-18(17)20(4,5)6;/h5-13,15-22H,1-4H3;7-9,12-14H,11H2,1-6H3;/q2*-1;/i;3D3,11D2;. The van der Waals surface area contributed by atoms with Gasteiger partial charge in [0.15, 0.2) is 0 Å². The first-order chi connectivity index (χ1) is 30.6. The molecule has 0 saturated carbocycles. The first-order valence-electron chi connectivity index (χ1n) is 23.2. The second kappa shape index (κ2) is 18.0. The molecule has 1 radical (unpaired) electrons. The molecule has 0 saturated heterocycles. The van der Waals surface area contributed by atoms with E-state index in [1.54, 1.807) is 12.1 Å². The fraction of sp³-hybridized carbons (Fsp3) is 0.236. The molecule has 6 aromatic carbocycles. The zero-order chi connectivity index (χ0) is 46.6. The summed E-state index contributed by atoms with van der Waals surface area (Å²) in [5.41, 5.74) is 11.5. The van der Waals surface area contributed by atoms with Crippen LogP contribution in [0.3, 0.4) is 0 Å². The van der Waals surface area contributed by atoms with Crippen molar-refractivity contribution in [2.75, 3.05) is 0 Å². The number of hydrogen-bond acceptors (Lipinski definition) is 3. The van der Waals surface area contributed by atoms with Gasteiger partial charge in [0.1, 0.15) is 0 Å². The first-order valence-corrected chi connectivity index (χ1v) is 28.8. The Morgan fingerprint density at radius 3 is 2.30 bits per heavy atom. The summed E-state index contributed by atoms with van der Waals surface area (Å²) >= 11 is -0.484. The third-order valence-electron chi connectivity index (χ3n) is 10.8. The molecule has 0 aliphatic rings. The molecular weight excluding hydrogens is 1000 g/mol. The van der Waals surface area contributed by atoms with Gasteiger partial charge in [-0.15, -0.1) is 18.2 Å². The number of hydrogen-bond donors (Lipinski definition) is 0. The van der Waals surface area contributed by atoms with Crippen LogP contribution in [0.2, 0.25) is 17.3 Å². The summed E-state index contributed by atoms with van der Waals surface area (Å²) in [7, 11) is 0. The summed E-state index contributed by atoms with van der Waals surface area (Å²) in [4.78, 5) is 9.79. The van der Waals surface area contributed by atoms with E-state index in [1.807, 2.05) is 43.5 Å². The van der Waals surface area contributed by atoms with Crippen molar-refractivity contribution < 1.29 is 27.0 Å². The number of aryl methyl sites for hydroxylation is 2. The van der Waals surface area contributed by atoms with Crippen LogP contribution in [-0.4, -0.2) is 27.8 Å². The maximum Gasteiger partial charge on any atom is 0 e. The Hall–Kier alpha value is -4.65. The minimum atomic E-state index is -2.32. The van der Waals surface area contributed by atoms with Gasteiger partial charge in [0.05, 0.1) is 16.9 Å². The minimum Gasteiger partial charge on any atom is 0 e. The van der Waals surface area contributed by atoms with Crippen molar-refractivity contribution in [3.63, 3.8) is 0 Å². The molecule has 0 amide bonds. The number of thiophene rings is 1. The molecule has 0 aliphatic carbocycles. The van der Waals surface area contributed by atoms with Crippen molar-refractivity contribution in [3.05, 3.63) is 168 Å². The number of benzene rings is 6. The second-order valence-corrected chi connectivity index (χ2v) is 29.6. The Balaban J connectivity index is 0.000000211. The van der Waals surface area contributed by atoms with Gasteiger partial charge in [0.25, 0.3) is 0 Å². The van der Waals surface area contributed by atoms with Crippen LogP contribution in [0, 0.1) is 31.8 Å². The van der Waals surface area contributed by atoms with Crippen LogP contribution in [-0.2, 0) is 31.9 Å². The molecule has 9 rings (SSSR count). The predicted octanol–water partition coefficient (Wildman–Crippen LogP) is 14.7. The summed E-state index contributed by atoms with van der Waals surface area (Å²) in [6.07, 6.45) is 0.362. The minimum absolute atomic E-state index is 0. The van der Waals surface area contributed by atoms with Crippen molar-refractivity contribution in [1.29, 1.82) is 0 Å². The van der Waals surface area contributed by atoms with E-state index in [0.717, 1.165) is 32.5 Å². The molecule has 0 aliphatic heterocycles. The van der Waals surface area contributed by atoms with Crippen LogP contribution >= 0.6 is 11.3 Å². The number of imidazole rings is 1. The molecule has 3 heterocycles. The smallest absolute Gasteiger partial charge is 0 e. The van der Waals surface area contributed by atoms with E-state index in [1.165, 1.54) is 48.5 Å². The van der Waals surface area contributed by atoms with Crippen molar-refractivity contribution in [3.8, 4) is 39.5 Å². The van der Waals surface area contributed by atoms with Crippen LogP contribution < -0.4 is 4.40 Å². The van der Waals surface area contributed by atoms with Gasteiger partial charge < -0.3 is 4.57 Å². The van der Waals surface area contributed by atoms with Crippen molar-refractivity contribution in [1.82, 2.24) is 14.5 Å². The molecule has 0 atom stereocenters. The molecule has 6 heteroatoms. The van der Waals surface area contributed by atoms with Gasteiger partial charge in [-0.05, 0) is 69.4 Å². The fourth-order valence-corrected chi connectivity index (χ4v) is 12.0. The molecular formula is C55H55GeIrN3S-2. The van der Waals surface area contributed by atoms with Crippen LogP contribution in [0.25, 0.3) is 70.7 Å². The van der Waals surface area contributed by atoms with E-state index in [0.29, 0.717) is 16.8 Å². The molecule has 3 aromatic heterocycles. The van der Waals surface area contributed by atoms with Crippen LogP contribution in [0.15, 0.2) is 134 Å². The van der Waals surface area contributed by atoms with E-state index < -0.39 is 26.5 Å². The molecule has 9 aromatic rings. The Morgan fingerprint density at radius 2 is 1.59 bits per heavy atom. The predicted molar refractivity (Wildman–Crippen MR) is 262 cm³/mol. The molecule has 61 heavy (non-hydrogen) atoms. The molecule has 0 spiro atoms. The summed E-state index contributed by atoms with van der Waals surface area (Å²) in [5.74, 6) is 7.45. The summed E-state index contributed by atoms with van der Waals surface area (Å²) in [5, 5.41) is 2.55. The van der Waals surface area contributed by atoms with Crippen molar-refractivity contribution in [2.24, 2.45) is 5.92 Å². The van der Waals surface area contributed by atoms with Gasteiger partial charge in [-0.25, -0.2) is 0 Å². The Kier molecular flexibility index (Phi) is 11.2. The summed E-state index contributed by atoms with van der Waals surface area (Å²) in [6, 6.07) is 50.2. The third-order valence-corrected chi connectivity index (χ3v) is 16.2. The average molecular weight is 1060 g/mol. The maximum absolute atomic E-state index is 8.60. The van der Waals surface area contributed by atoms with E-state index >= 15 is 0 Å². The van der Waals surface area contributed by atoms with E-state index in [9.17, 15) is 0 Å². The molecule has 0 N–H and O–H groups in total. The Labute approximate surface area is 390 Å². The molecule has 0 unspecified atom stereocenters. The number of rotatable bonds is 7. The topological polar surface area (TPSA) is 30.7 Å². The number of nitrogens with zero attached hydrogens (tertiary/aromatic N) is 3. The van der Waals surface area contributed by atoms with E-state index in [4.69, 9.17) is 11.8 Å². The van der Waals surface area contributed by atoms with E-state index in [-0.39, 0.29) is 37.0 Å². The quantitative estimate of drug-likeness (QED) is 0.118. The van der Waals surface area contributed by atoms with E-state index in [2.05, 4.69) is 164 Å². The fourth-order valence-electron chi connectivity index (χ4n) is 7.71. The molecule has 0 bridgehead atoms. The van der Waals surface area contributed by atoms with Crippen LogP contribution in [0.4, 0.5) is 0 Å². The van der Waals surface area contributed by atoms with Gasteiger partial charge in [0, 0.05) is 36.1 Å². The summed E-state index contributed by atoms with van der Waals surface area (Å²) < 4.78 is 45.5. The second-order valence-electron chi connectivity index (χ2n) is 18.0. The maximum atomic E-state index is 8.60.